The van der Waals surface area contributed by atoms with Crippen molar-refractivity contribution in [2.75, 3.05) is 5.75 Å². The van der Waals surface area contributed by atoms with Gasteiger partial charge < -0.3 is 36.9 Å². The maximum Gasteiger partial charge on any atom is 0.327 e. The van der Waals surface area contributed by atoms with Gasteiger partial charge in [-0.25, -0.2) is 4.79 Å². The third-order valence-electron chi connectivity index (χ3n) is 5.87. The van der Waals surface area contributed by atoms with E-state index in [0.717, 1.165) is 16.5 Å². The normalized spacial score (nSPS) is 14.3. The van der Waals surface area contributed by atoms with Gasteiger partial charge in [-0.3, -0.25) is 19.2 Å². The third-order valence-corrected chi connectivity index (χ3v) is 6.24. The van der Waals surface area contributed by atoms with E-state index in [2.05, 4.69) is 33.6 Å². The highest BCUT2D eigenvalue weighted by Gasteiger charge is 2.31. The Labute approximate surface area is 225 Å². The summed E-state index contributed by atoms with van der Waals surface area (Å²) < 4.78 is 0. The molecule has 0 bridgehead atoms. The molecule has 4 unspecified atom stereocenters. The lowest BCUT2D eigenvalue weighted by molar-refractivity contribution is -0.142. The van der Waals surface area contributed by atoms with Crippen LogP contribution in [0, 0.1) is 5.92 Å². The van der Waals surface area contributed by atoms with E-state index in [1.54, 1.807) is 6.20 Å². The third kappa shape index (κ3) is 9.06. The molecule has 12 nitrogen and oxygen atoms in total. The number of nitrogens with one attached hydrogen (secondary N) is 4. The van der Waals surface area contributed by atoms with Crippen LogP contribution in [0.25, 0.3) is 10.9 Å². The van der Waals surface area contributed by atoms with Gasteiger partial charge >= 0.3 is 11.9 Å². The number of amides is 3. The number of hydrogen-bond donors (Lipinski definition) is 8. The number of carboxylic acids is 2. The SMILES string of the molecule is CC(C)CC(N)C(=O)NC(Cc1c[nH]c2ccccc12)C(=O)NC(CCC(=O)O)C(=O)NC(CS)C(=O)O. The number of nitrogens with two attached hydrogens (primary N) is 1. The number of para-hydroxylation sites is 1. The number of carbonyl (C=O) groups excluding carboxylic acids is 3. The molecule has 208 valence electrons. The number of rotatable bonds is 15. The molecule has 38 heavy (non-hydrogen) atoms. The van der Waals surface area contributed by atoms with Crippen LogP contribution in [0.2, 0.25) is 0 Å². The first-order valence-electron chi connectivity index (χ1n) is 12.2. The fourth-order valence-electron chi connectivity index (χ4n) is 3.89. The molecule has 0 aliphatic heterocycles. The Kier molecular flexibility index (Phi) is 11.6. The Morgan fingerprint density at radius 2 is 1.55 bits per heavy atom. The van der Waals surface area contributed by atoms with Crippen LogP contribution in [0.3, 0.4) is 0 Å². The maximum absolute atomic E-state index is 13.4. The second kappa shape index (κ2) is 14.4. The van der Waals surface area contributed by atoms with E-state index >= 15 is 0 Å². The molecule has 0 saturated carbocycles. The van der Waals surface area contributed by atoms with Crippen LogP contribution in [0.5, 0.6) is 0 Å². The molecule has 3 amide bonds. The highest BCUT2D eigenvalue weighted by Crippen LogP contribution is 2.19. The zero-order valence-electron chi connectivity index (χ0n) is 21.3. The van der Waals surface area contributed by atoms with E-state index in [1.807, 2.05) is 38.1 Å². The molecule has 13 heteroatoms. The molecule has 0 fully saturated rings. The lowest BCUT2D eigenvalue weighted by Crippen LogP contribution is -2.58. The molecule has 1 heterocycles. The van der Waals surface area contributed by atoms with Gasteiger partial charge in [0.05, 0.1) is 6.04 Å². The van der Waals surface area contributed by atoms with Crippen LogP contribution in [0.1, 0.15) is 38.7 Å². The molecule has 1 aromatic carbocycles. The Morgan fingerprint density at radius 1 is 0.947 bits per heavy atom. The molecule has 2 aromatic rings. The highest BCUT2D eigenvalue weighted by atomic mass is 32.1. The average molecular weight is 550 g/mol. The quantitative estimate of drug-likeness (QED) is 0.146. The van der Waals surface area contributed by atoms with Gasteiger partial charge in [0.1, 0.15) is 18.1 Å². The number of H-pyrrole nitrogens is 1. The van der Waals surface area contributed by atoms with E-state index in [9.17, 15) is 29.1 Å². The molecule has 0 aliphatic carbocycles. The zero-order valence-corrected chi connectivity index (χ0v) is 22.2. The van der Waals surface area contributed by atoms with Crippen molar-refractivity contribution in [1.82, 2.24) is 20.9 Å². The summed E-state index contributed by atoms with van der Waals surface area (Å²) in [7, 11) is 0. The number of aliphatic carboxylic acids is 2. The highest BCUT2D eigenvalue weighted by molar-refractivity contribution is 7.80. The first-order chi connectivity index (χ1) is 17.9. The fourth-order valence-corrected chi connectivity index (χ4v) is 4.14. The van der Waals surface area contributed by atoms with Crippen LogP contribution in [-0.4, -0.2) is 74.8 Å². The summed E-state index contributed by atoms with van der Waals surface area (Å²) in [6.45, 7) is 3.81. The van der Waals surface area contributed by atoms with Crippen molar-refractivity contribution in [3.8, 4) is 0 Å². The molecule has 0 spiro atoms. The Hall–Kier alpha value is -3.58. The minimum absolute atomic E-state index is 0.0532. The number of thiol groups is 1. The van der Waals surface area contributed by atoms with Gasteiger partial charge in [0.15, 0.2) is 0 Å². The first kappa shape index (κ1) is 30.6. The van der Waals surface area contributed by atoms with E-state index in [4.69, 9.17) is 10.8 Å². The fraction of sp³-hybridized carbons (Fsp3) is 0.480. The van der Waals surface area contributed by atoms with Gasteiger partial charge in [-0.1, -0.05) is 32.0 Å². The van der Waals surface area contributed by atoms with Crippen LogP contribution in [0.4, 0.5) is 0 Å². The number of aromatic nitrogens is 1. The molecule has 0 aliphatic rings. The molecule has 2 rings (SSSR count). The molecule has 0 radical (unpaired) electrons. The van der Waals surface area contributed by atoms with E-state index in [-0.39, 0.29) is 24.5 Å². The summed E-state index contributed by atoms with van der Waals surface area (Å²) >= 11 is 3.91. The van der Waals surface area contributed by atoms with Gasteiger partial charge in [0.2, 0.25) is 17.7 Å². The van der Waals surface area contributed by atoms with Crippen molar-refractivity contribution in [2.45, 2.75) is 63.7 Å². The average Bonchev–Trinajstić information content (AvgIpc) is 3.26. The number of carboxylic acid groups (broad SMARTS) is 2. The number of fused-ring (bicyclic) bond motifs is 1. The van der Waals surface area contributed by atoms with Gasteiger partial charge in [-0.2, -0.15) is 12.6 Å². The summed E-state index contributed by atoms with van der Waals surface area (Å²) in [4.78, 5) is 64.6. The van der Waals surface area contributed by atoms with Gasteiger partial charge in [0.25, 0.3) is 0 Å². The van der Waals surface area contributed by atoms with Crippen LogP contribution < -0.4 is 21.7 Å². The zero-order chi connectivity index (χ0) is 28.4. The number of carbonyl (C=O) groups is 5. The van der Waals surface area contributed by atoms with Gasteiger partial charge in [-0.05, 0) is 30.4 Å². The molecular formula is C25H35N5O7S. The lowest BCUT2D eigenvalue weighted by Gasteiger charge is -2.25. The van der Waals surface area contributed by atoms with E-state index < -0.39 is 60.2 Å². The minimum atomic E-state index is -1.37. The smallest absolute Gasteiger partial charge is 0.327 e. The van der Waals surface area contributed by atoms with E-state index in [1.165, 1.54) is 0 Å². The Morgan fingerprint density at radius 3 is 2.16 bits per heavy atom. The standard InChI is InChI=1S/C25H35N5O7S/c1-13(2)9-16(26)22(33)29-19(10-14-11-27-17-6-4-3-5-15(14)17)24(35)28-18(7-8-21(31)32)23(34)30-20(12-38)25(36)37/h3-6,11,13,16,18-20,27,38H,7-10,12,26H2,1-2H3,(H,28,35)(H,29,33)(H,30,34)(H,31,32)(H,36,37). The van der Waals surface area contributed by atoms with Crippen LogP contribution in [-0.2, 0) is 30.4 Å². The topological polar surface area (TPSA) is 204 Å². The maximum atomic E-state index is 13.4. The summed E-state index contributed by atoms with van der Waals surface area (Å²) in [6, 6.07) is 2.66. The number of benzene rings is 1. The Balaban J connectivity index is 2.30. The predicted molar refractivity (Wildman–Crippen MR) is 144 cm³/mol. The minimum Gasteiger partial charge on any atom is -0.481 e. The van der Waals surface area contributed by atoms with Crippen molar-refractivity contribution in [1.29, 1.82) is 0 Å². The summed E-state index contributed by atoms with van der Waals surface area (Å²) in [5.74, 6) is -4.79. The van der Waals surface area contributed by atoms with Crippen molar-refractivity contribution >= 4 is 53.2 Å². The molecule has 0 saturated heterocycles. The molecular weight excluding hydrogens is 514 g/mol. The monoisotopic (exact) mass is 549 g/mol. The summed E-state index contributed by atoms with van der Waals surface area (Å²) in [5, 5.41) is 26.6. The van der Waals surface area contributed by atoms with Crippen LogP contribution >= 0.6 is 12.6 Å². The molecule has 4 atom stereocenters. The van der Waals surface area contributed by atoms with Gasteiger partial charge in [-0.15, -0.1) is 0 Å². The molecule has 1 aromatic heterocycles. The Bertz CT molecular complexity index is 1150. The predicted octanol–water partition coefficient (Wildman–Crippen LogP) is 0.417. The van der Waals surface area contributed by atoms with E-state index in [0.29, 0.717) is 6.42 Å². The lowest BCUT2D eigenvalue weighted by atomic mass is 10.0. The second-order valence-electron chi connectivity index (χ2n) is 9.44. The van der Waals surface area contributed by atoms with Crippen molar-refractivity contribution in [2.24, 2.45) is 11.7 Å². The van der Waals surface area contributed by atoms with Crippen LogP contribution in [0.15, 0.2) is 30.5 Å². The van der Waals surface area contributed by atoms with Crippen molar-refractivity contribution < 1.29 is 34.2 Å². The number of aromatic amines is 1. The largest absolute Gasteiger partial charge is 0.481 e. The van der Waals surface area contributed by atoms with Gasteiger partial charge in [0, 0.05) is 35.7 Å². The number of hydrogen-bond acceptors (Lipinski definition) is 7. The van der Waals surface area contributed by atoms with Crippen molar-refractivity contribution in [3.05, 3.63) is 36.0 Å². The first-order valence-corrected chi connectivity index (χ1v) is 12.8. The molecule has 8 N–H and O–H groups in total. The summed E-state index contributed by atoms with van der Waals surface area (Å²) in [6.07, 6.45) is 1.39. The van der Waals surface area contributed by atoms with Crippen molar-refractivity contribution in [3.63, 3.8) is 0 Å². The second-order valence-corrected chi connectivity index (χ2v) is 9.80. The summed E-state index contributed by atoms with van der Waals surface area (Å²) in [5.41, 5.74) is 7.57.